The van der Waals surface area contributed by atoms with Crippen LogP contribution in [0.4, 0.5) is 5.82 Å². The predicted molar refractivity (Wildman–Crippen MR) is 78.6 cm³/mol. The smallest absolute Gasteiger partial charge is 0.267 e. The first-order chi connectivity index (χ1) is 9.16. The number of halogens is 1. The zero-order valence-corrected chi connectivity index (χ0v) is 12.7. The molecule has 0 aromatic carbocycles. The minimum atomic E-state index is -0.108. The van der Waals surface area contributed by atoms with E-state index in [9.17, 15) is 4.79 Å². The molecule has 0 aliphatic carbocycles. The Balaban J connectivity index is 1.88. The van der Waals surface area contributed by atoms with Crippen LogP contribution in [0.2, 0.25) is 0 Å². The van der Waals surface area contributed by atoms with Gasteiger partial charge in [0.05, 0.1) is 6.33 Å². The zero-order valence-electron chi connectivity index (χ0n) is 11.1. The molecule has 2 fully saturated rings. The highest BCUT2D eigenvalue weighted by molar-refractivity contribution is 9.10. The molecule has 6 heteroatoms. The molecule has 2 aliphatic heterocycles. The molecule has 1 N–H and O–H groups in total. The fourth-order valence-electron chi connectivity index (χ4n) is 3.22. The van der Waals surface area contributed by atoms with Gasteiger partial charge in [-0.05, 0) is 42.2 Å². The summed E-state index contributed by atoms with van der Waals surface area (Å²) in [6, 6.07) is 0.998. The van der Waals surface area contributed by atoms with Crippen molar-refractivity contribution in [1.82, 2.24) is 14.9 Å². The normalized spacial score (nSPS) is 28.2. The van der Waals surface area contributed by atoms with Crippen LogP contribution in [0, 0.1) is 0 Å². The molecule has 2 unspecified atom stereocenters. The van der Waals surface area contributed by atoms with E-state index in [0.29, 0.717) is 16.6 Å². The van der Waals surface area contributed by atoms with Crippen LogP contribution >= 0.6 is 15.9 Å². The van der Waals surface area contributed by atoms with E-state index in [0.717, 1.165) is 18.9 Å². The molecule has 2 aliphatic rings. The summed E-state index contributed by atoms with van der Waals surface area (Å²) in [7, 11) is 0. The molecule has 19 heavy (non-hydrogen) atoms. The Hall–Kier alpha value is -0.880. The molecule has 0 amide bonds. The quantitative estimate of drug-likeness (QED) is 0.851. The SMILES string of the molecule is CC1CN2CCCCC2CN1c1nc[nH]c(=O)c1Br. The first-order valence-corrected chi connectivity index (χ1v) is 7.70. The van der Waals surface area contributed by atoms with E-state index in [-0.39, 0.29) is 5.56 Å². The van der Waals surface area contributed by atoms with Gasteiger partial charge in [-0.25, -0.2) is 4.98 Å². The van der Waals surface area contributed by atoms with Crippen LogP contribution in [0.3, 0.4) is 0 Å². The topological polar surface area (TPSA) is 52.2 Å². The van der Waals surface area contributed by atoms with Gasteiger partial charge in [-0.3, -0.25) is 9.69 Å². The van der Waals surface area contributed by atoms with Gasteiger partial charge in [0, 0.05) is 25.2 Å². The molecule has 2 saturated heterocycles. The van der Waals surface area contributed by atoms with E-state index in [2.05, 4.69) is 42.6 Å². The average Bonchev–Trinajstić information content (AvgIpc) is 2.41. The van der Waals surface area contributed by atoms with Gasteiger partial charge in [0.25, 0.3) is 5.56 Å². The molecule has 5 nitrogen and oxygen atoms in total. The summed E-state index contributed by atoms with van der Waals surface area (Å²) in [5.74, 6) is 0.779. The number of piperazine rings is 1. The molecule has 3 heterocycles. The van der Waals surface area contributed by atoms with Crippen molar-refractivity contribution >= 4 is 21.7 Å². The van der Waals surface area contributed by atoms with Crippen LogP contribution in [-0.2, 0) is 0 Å². The van der Waals surface area contributed by atoms with E-state index < -0.39 is 0 Å². The Labute approximate surface area is 121 Å². The van der Waals surface area contributed by atoms with E-state index in [1.807, 2.05) is 0 Å². The summed E-state index contributed by atoms with van der Waals surface area (Å²) in [6.45, 7) is 5.45. The maximum atomic E-state index is 11.7. The number of piperidine rings is 1. The number of hydrogen-bond acceptors (Lipinski definition) is 4. The van der Waals surface area contributed by atoms with Gasteiger partial charge in [-0.15, -0.1) is 0 Å². The second-order valence-electron chi connectivity index (χ2n) is 5.52. The van der Waals surface area contributed by atoms with Crippen LogP contribution in [0.25, 0.3) is 0 Å². The van der Waals surface area contributed by atoms with Crippen LogP contribution in [-0.4, -0.2) is 46.6 Å². The minimum absolute atomic E-state index is 0.108. The Morgan fingerprint density at radius 2 is 2.26 bits per heavy atom. The molecule has 104 valence electrons. The average molecular weight is 327 g/mol. The Bertz CT molecular complexity index is 518. The Morgan fingerprint density at radius 1 is 1.42 bits per heavy atom. The number of rotatable bonds is 1. The molecular weight excluding hydrogens is 308 g/mol. The molecule has 3 rings (SSSR count). The van der Waals surface area contributed by atoms with Crippen molar-refractivity contribution in [3.05, 3.63) is 21.2 Å². The molecule has 1 aromatic rings. The molecule has 0 saturated carbocycles. The third-order valence-electron chi connectivity index (χ3n) is 4.24. The fraction of sp³-hybridized carbons (Fsp3) is 0.692. The standard InChI is InChI=1S/C13H19BrN4O/c1-9-6-17-5-3-2-4-10(17)7-18(9)12-11(14)13(19)16-8-15-12/h8-10H,2-7H2,1H3,(H,15,16,19). The fourth-order valence-corrected chi connectivity index (χ4v) is 3.67. The lowest BCUT2D eigenvalue weighted by Gasteiger charge is -2.48. The van der Waals surface area contributed by atoms with Crippen molar-refractivity contribution < 1.29 is 0 Å². The number of fused-ring (bicyclic) bond motifs is 1. The maximum absolute atomic E-state index is 11.7. The monoisotopic (exact) mass is 326 g/mol. The largest absolute Gasteiger partial charge is 0.350 e. The second-order valence-corrected chi connectivity index (χ2v) is 6.31. The van der Waals surface area contributed by atoms with Gasteiger partial charge >= 0.3 is 0 Å². The van der Waals surface area contributed by atoms with Crippen LogP contribution in [0.5, 0.6) is 0 Å². The van der Waals surface area contributed by atoms with Gasteiger partial charge in [0.2, 0.25) is 0 Å². The number of hydrogen-bond donors (Lipinski definition) is 1. The Morgan fingerprint density at radius 3 is 3.11 bits per heavy atom. The number of nitrogens with one attached hydrogen (secondary N) is 1. The lowest BCUT2D eigenvalue weighted by molar-refractivity contribution is 0.115. The molecule has 2 atom stereocenters. The lowest BCUT2D eigenvalue weighted by Crippen LogP contribution is -2.59. The number of H-pyrrole nitrogens is 1. The first kappa shape index (κ1) is 13.1. The number of aromatic nitrogens is 2. The first-order valence-electron chi connectivity index (χ1n) is 6.90. The summed E-state index contributed by atoms with van der Waals surface area (Å²) in [5, 5.41) is 0. The molecule has 1 aromatic heterocycles. The van der Waals surface area contributed by atoms with Crippen molar-refractivity contribution in [2.75, 3.05) is 24.5 Å². The summed E-state index contributed by atoms with van der Waals surface area (Å²) < 4.78 is 0.547. The van der Waals surface area contributed by atoms with Crippen molar-refractivity contribution in [2.45, 2.75) is 38.3 Å². The van der Waals surface area contributed by atoms with Gasteiger partial charge in [-0.1, -0.05) is 6.42 Å². The van der Waals surface area contributed by atoms with Crippen molar-refractivity contribution in [1.29, 1.82) is 0 Å². The highest BCUT2D eigenvalue weighted by Gasteiger charge is 2.34. The van der Waals surface area contributed by atoms with Gasteiger partial charge in [0.15, 0.2) is 5.82 Å². The Kier molecular flexibility index (Phi) is 3.62. The molecule has 0 spiro atoms. The summed E-state index contributed by atoms with van der Waals surface area (Å²) in [5.41, 5.74) is -0.108. The third kappa shape index (κ3) is 2.43. The summed E-state index contributed by atoms with van der Waals surface area (Å²) in [4.78, 5) is 23.5. The number of nitrogens with zero attached hydrogens (tertiary/aromatic N) is 3. The predicted octanol–water partition coefficient (Wildman–Crippen LogP) is 1.60. The van der Waals surface area contributed by atoms with Crippen LogP contribution in [0.1, 0.15) is 26.2 Å². The highest BCUT2D eigenvalue weighted by atomic mass is 79.9. The lowest BCUT2D eigenvalue weighted by atomic mass is 9.97. The van der Waals surface area contributed by atoms with Gasteiger partial charge in [0.1, 0.15) is 4.47 Å². The van der Waals surface area contributed by atoms with Crippen LogP contribution in [0.15, 0.2) is 15.6 Å². The van der Waals surface area contributed by atoms with Crippen molar-refractivity contribution in [2.24, 2.45) is 0 Å². The second kappa shape index (κ2) is 5.25. The van der Waals surface area contributed by atoms with Crippen LogP contribution < -0.4 is 10.5 Å². The van der Waals surface area contributed by atoms with Crippen molar-refractivity contribution in [3.8, 4) is 0 Å². The zero-order chi connectivity index (χ0) is 13.4. The number of aromatic amines is 1. The third-order valence-corrected chi connectivity index (χ3v) is 4.95. The van der Waals surface area contributed by atoms with E-state index >= 15 is 0 Å². The maximum Gasteiger partial charge on any atom is 0.267 e. The van der Waals surface area contributed by atoms with E-state index in [1.54, 1.807) is 0 Å². The van der Waals surface area contributed by atoms with Gasteiger partial charge in [-0.2, -0.15) is 0 Å². The highest BCUT2D eigenvalue weighted by Crippen LogP contribution is 2.29. The van der Waals surface area contributed by atoms with E-state index in [4.69, 9.17) is 0 Å². The number of anilines is 1. The minimum Gasteiger partial charge on any atom is -0.350 e. The molecule has 0 radical (unpaired) electrons. The van der Waals surface area contributed by atoms with Gasteiger partial charge < -0.3 is 9.88 Å². The summed E-state index contributed by atoms with van der Waals surface area (Å²) in [6.07, 6.45) is 5.37. The molecular formula is C13H19BrN4O. The van der Waals surface area contributed by atoms with Crippen molar-refractivity contribution in [3.63, 3.8) is 0 Å². The molecule has 0 bridgehead atoms. The van der Waals surface area contributed by atoms with E-state index in [1.165, 1.54) is 32.1 Å². The summed E-state index contributed by atoms with van der Waals surface area (Å²) >= 11 is 3.37.